The van der Waals surface area contributed by atoms with Gasteiger partial charge in [-0.15, -0.1) is 11.6 Å². The Kier molecular flexibility index (Phi) is 13.6. The molecule has 1 amide bonds. The Morgan fingerprint density at radius 2 is 1.92 bits per heavy atom. The molecule has 3 aliphatic rings. The number of nitrogens with zero attached hydrogens (tertiary/aromatic N) is 1. The van der Waals surface area contributed by atoms with Crippen LogP contribution in [0.2, 0.25) is 0 Å². The summed E-state index contributed by atoms with van der Waals surface area (Å²) in [6, 6.07) is 9.17. The Balaban J connectivity index is 0.00000253. The summed E-state index contributed by atoms with van der Waals surface area (Å²) in [5.74, 6) is -0.747. The van der Waals surface area contributed by atoms with Crippen LogP contribution in [0.1, 0.15) is 51.5 Å². The number of halogens is 1. The summed E-state index contributed by atoms with van der Waals surface area (Å²) >= 11 is 6.08. The van der Waals surface area contributed by atoms with Crippen LogP contribution in [0, 0.1) is 111 Å². The molecule has 1 aromatic carbocycles. The van der Waals surface area contributed by atoms with Gasteiger partial charge in [0, 0.05) is 100 Å². The molecule has 2 aliphatic carbocycles. The smallest absolute Gasteiger partial charge is 0.336 e. The number of hydrogen-bond donors (Lipinski definition) is 2. The Morgan fingerprint density at radius 3 is 2.50 bits per heavy atom. The Hall–Kier alpha value is 0.733. The van der Waals surface area contributed by atoms with Crippen molar-refractivity contribution in [1.82, 2.24) is 4.90 Å². The predicted molar refractivity (Wildman–Crippen MR) is 139 cm³/mol. The SMILES string of the molecule is C=C1CCC2[C@](C)(CO)C(O)CC[C@]2(C)[C@H]1CC(C1=CCOC1=O)N(Cc1ccccc1)C(=O)CCl.[Ac].[Ac]. The normalized spacial score (nSPS) is 31.2. The maximum atomic E-state index is 13.2. The number of hydrogen-bond acceptors (Lipinski definition) is 5. The van der Waals surface area contributed by atoms with Crippen LogP contribution in [-0.2, 0) is 20.9 Å². The van der Waals surface area contributed by atoms with Crippen LogP contribution in [0.15, 0.2) is 54.1 Å². The van der Waals surface area contributed by atoms with Gasteiger partial charge < -0.3 is 19.8 Å². The molecule has 2 radical (unpaired) electrons. The minimum atomic E-state index is -0.608. The number of carbonyl (C=O) groups excluding carboxylic acids is 2. The average molecular weight is 970 g/mol. The van der Waals surface area contributed by atoms with Crippen molar-refractivity contribution >= 4 is 23.5 Å². The van der Waals surface area contributed by atoms with E-state index in [1.54, 1.807) is 11.0 Å². The summed E-state index contributed by atoms with van der Waals surface area (Å²) in [6.07, 6.45) is 4.74. The van der Waals surface area contributed by atoms with Crippen molar-refractivity contribution in [3.63, 3.8) is 0 Å². The minimum Gasteiger partial charge on any atom is -0.458 e. The molecule has 4 rings (SSSR count). The number of aliphatic hydroxyl groups is 2. The van der Waals surface area contributed by atoms with Crippen LogP contribution in [0.25, 0.3) is 0 Å². The zero-order valence-electron chi connectivity index (χ0n) is 22.4. The third-order valence-corrected chi connectivity index (χ3v) is 9.50. The maximum absolute atomic E-state index is 13.2. The first-order chi connectivity index (χ1) is 17.2. The first-order valence-electron chi connectivity index (χ1n) is 12.9. The van der Waals surface area contributed by atoms with E-state index in [2.05, 4.69) is 13.5 Å². The van der Waals surface area contributed by atoms with E-state index in [1.807, 2.05) is 37.3 Å². The summed E-state index contributed by atoms with van der Waals surface area (Å²) in [7, 11) is 0. The van der Waals surface area contributed by atoms with E-state index in [0.717, 1.165) is 30.4 Å². The first-order valence-corrected chi connectivity index (χ1v) is 13.4. The van der Waals surface area contributed by atoms with Crippen molar-refractivity contribution in [2.24, 2.45) is 22.7 Å². The second-order valence-electron chi connectivity index (χ2n) is 11.2. The zero-order chi connectivity index (χ0) is 26.1. The summed E-state index contributed by atoms with van der Waals surface area (Å²) < 4.78 is 5.28. The zero-order valence-corrected chi connectivity index (χ0v) is 32.7. The predicted octanol–water partition coefficient (Wildman–Crippen LogP) is 4.24. The van der Waals surface area contributed by atoms with Crippen molar-refractivity contribution < 1.29 is 113 Å². The van der Waals surface area contributed by atoms with Gasteiger partial charge in [0.1, 0.15) is 12.5 Å². The molecular formula is C29H38Ac2ClNO5. The molecule has 1 aliphatic heterocycles. The monoisotopic (exact) mass is 969 g/mol. The van der Waals surface area contributed by atoms with Gasteiger partial charge in [-0.1, -0.05) is 56.3 Å². The van der Waals surface area contributed by atoms with Crippen molar-refractivity contribution in [2.75, 3.05) is 19.1 Å². The summed E-state index contributed by atoms with van der Waals surface area (Å²) in [5.41, 5.74) is 1.69. The Bertz CT molecular complexity index is 1040. The molecule has 0 spiro atoms. The van der Waals surface area contributed by atoms with E-state index in [0.29, 0.717) is 25.0 Å². The third-order valence-electron chi connectivity index (χ3n) is 9.27. The number of fused-ring (bicyclic) bond motifs is 1. The van der Waals surface area contributed by atoms with Crippen molar-refractivity contribution in [3.8, 4) is 0 Å². The number of benzene rings is 1. The molecule has 3 unspecified atom stereocenters. The van der Waals surface area contributed by atoms with E-state index in [1.165, 1.54) is 0 Å². The summed E-state index contributed by atoms with van der Waals surface area (Å²) in [6.45, 7) is 9.09. The maximum Gasteiger partial charge on any atom is 0.336 e. The molecule has 202 valence electrons. The van der Waals surface area contributed by atoms with E-state index < -0.39 is 23.5 Å². The largest absolute Gasteiger partial charge is 0.458 e. The Morgan fingerprint density at radius 1 is 1.24 bits per heavy atom. The first kappa shape index (κ1) is 34.9. The standard InChI is InChI=1S/C29H38ClNO5.2Ac/c1-19-9-10-24-28(2,13-11-25(33)29(24,3)18-32)22(19)15-23(21-12-14-36-27(21)35)31(26(34)16-30)17-20-7-5-4-6-8-20;;/h4-8,12,22-25,32-33H,1,9-11,13-18H2,2-3H3;;/t22-,23?,24?,25?,28+,29-;;/m0../s1. The molecule has 6 nitrogen and oxygen atoms in total. The third kappa shape index (κ3) is 6.85. The molecule has 0 bridgehead atoms. The van der Waals surface area contributed by atoms with Gasteiger partial charge in [0.2, 0.25) is 5.91 Å². The number of amides is 1. The summed E-state index contributed by atoms with van der Waals surface area (Å²) in [4.78, 5) is 27.7. The van der Waals surface area contributed by atoms with Crippen LogP contribution in [-0.4, -0.2) is 58.2 Å². The van der Waals surface area contributed by atoms with Crippen LogP contribution in [0.3, 0.4) is 0 Å². The number of ether oxygens (including phenoxy) is 1. The number of cyclic esters (lactones) is 1. The van der Waals surface area contributed by atoms with Crippen molar-refractivity contribution in [3.05, 3.63) is 59.7 Å². The molecule has 2 N–H and O–H groups in total. The van der Waals surface area contributed by atoms with Crippen LogP contribution in [0.5, 0.6) is 0 Å². The fraction of sp³-hybridized carbons (Fsp3) is 0.586. The molecule has 9 heteroatoms. The topological polar surface area (TPSA) is 87.1 Å². The van der Waals surface area contributed by atoms with Gasteiger partial charge in [0.05, 0.1) is 24.3 Å². The van der Waals surface area contributed by atoms with Crippen molar-refractivity contribution in [1.29, 1.82) is 0 Å². The van der Waals surface area contributed by atoms with Gasteiger partial charge in [-0.05, 0) is 61.0 Å². The second kappa shape index (κ2) is 14.8. The number of carbonyl (C=O) groups is 2. The average Bonchev–Trinajstić information content (AvgIpc) is 3.30. The number of allylic oxidation sites excluding steroid dienone is 1. The van der Waals surface area contributed by atoms with Gasteiger partial charge in [-0.25, -0.2) is 4.79 Å². The molecule has 0 saturated heterocycles. The van der Waals surface area contributed by atoms with Crippen LogP contribution >= 0.6 is 11.6 Å². The summed E-state index contributed by atoms with van der Waals surface area (Å²) in [5, 5.41) is 21.2. The van der Waals surface area contributed by atoms with Gasteiger partial charge in [0.15, 0.2) is 0 Å². The molecule has 1 heterocycles. The van der Waals surface area contributed by atoms with E-state index in [4.69, 9.17) is 16.3 Å². The molecular weight excluding hydrogens is 932 g/mol. The number of alkyl halides is 1. The fourth-order valence-corrected chi connectivity index (χ4v) is 7.31. The molecule has 6 atom stereocenters. The van der Waals surface area contributed by atoms with Crippen molar-refractivity contribution in [2.45, 2.75) is 64.6 Å². The number of aliphatic hydroxyl groups excluding tert-OH is 2. The Labute approximate surface area is 303 Å². The number of esters is 1. The van der Waals surface area contributed by atoms with Gasteiger partial charge in [0.25, 0.3) is 0 Å². The molecule has 1 aromatic rings. The number of rotatable bonds is 8. The van der Waals surface area contributed by atoms with E-state index in [-0.39, 0.29) is 130 Å². The van der Waals surface area contributed by atoms with Crippen LogP contribution < -0.4 is 0 Å². The fourth-order valence-electron chi connectivity index (χ4n) is 7.16. The molecule has 2 fully saturated rings. The van der Waals surface area contributed by atoms with Gasteiger partial charge in [-0.2, -0.15) is 0 Å². The van der Waals surface area contributed by atoms with Gasteiger partial charge in [-0.3, -0.25) is 4.79 Å². The van der Waals surface area contributed by atoms with E-state index >= 15 is 0 Å². The second-order valence-corrected chi connectivity index (χ2v) is 11.4. The quantitative estimate of drug-likeness (QED) is 0.232. The van der Waals surface area contributed by atoms with Crippen LogP contribution in [0.4, 0.5) is 0 Å². The minimum absolute atomic E-state index is 0. The van der Waals surface area contributed by atoms with E-state index in [9.17, 15) is 19.8 Å². The van der Waals surface area contributed by atoms with Gasteiger partial charge >= 0.3 is 5.97 Å². The molecule has 38 heavy (non-hydrogen) atoms. The molecule has 2 saturated carbocycles. The molecule has 0 aromatic heterocycles.